The second kappa shape index (κ2) is 3.52. The summed E-state index contributed by atoms with van der Waals surface area (Å²) in [5.41, 5.74) is 1.60. The molecular formula is C6H7N3O2. The molecule has 3 N–H and O–H groups in total. The lowest BCUT2D eigenvalue weighted by Crippen LogP contribution is -2.20. The summed E-state index contributed by atoms with van der Waals surface area (Å²) in [5.74, 6) is -0.641. The Balaban J connectivity index is 2.72. The minimum absolute atomic E-state index is 0.123. The van der Waals surface area contributed by atoms with Crippen LogP contribution in [-0.4, -0.2) is 17.3 Å². The highest BCUT2D eigenvalue weighted by Crippen LogP contribution is 1.95. The van der Waals surface area contributed by atoms with E-state index in [0.717, 1.165) is 0 Å². The van der Waals surface area contributed by atoms with Gasteiger partial charge in [-0.05, 0) is 6.08 Å². The van der Waals surface area contributed by atoms with Crippen molar-refractivity contribution in [1.82, 2.24) is 10.8 Å². The van der Waals surface area contributed by atoms with Crippen molar-refractivity contribution in [2.45, 2.75) is 0 Å². The Morgan fingerprint density at radius 1 is 1.73 bits per heavy atom. The largest absolute Gasteiger partial charge is 0.366 e. The SMILES string of the molecule is O=C(NO)C1=CNC=CC=N1. The fourth-order valence-corrected chi connectivity index (χ4v) is 0.568. The van der Waals surface area contributed by atoms with Crippen LogP contribution in [0.25, 0.3) is 0 Å². The Bertz CT molecular complexity index is 242. The van der Waals surface area contributed by atoms with Crippen LogP contribution in [-0.2, 0) is 4.79 Å². The predicted molar refractivity (Wildman–Crippen MR) is 38.8 cm³/mol. The van der Waals surface area contributed by atoms with E-state index >= 15 is 0 Å². The van der Waals surface area contributed by atoms with E-state index in [4.69, 9.17) is 5.21 Å². The molecule has 0 aromatic heterocycles. The number of hydroxylamine groups is 1. The highest BCUT2D eigenvalue weighted by Gasteiger charge is 2.05. The summed E-state index contributed by atoms with van der Waals surface area (Å²) in [4.78, 5) is 14.4. The van der Waals surface area contributed by atoms with Gasteiger partial charge in [0.1, 0.15) is 5.70 Å². The van der Waals surface area contributed by atoms with E-state index < -0.39 is 5.91 Å². The molecule has 0 fully saturated rings. The van der Waals surface area contributed by atoms with Crippen LogP contribution < -0.4 is 10.8 Å². The predicted octanol–water partition coefficient (Wildman–Crippen LogP) is -0.479. The monoisotopic (exact) mass is 153 g/mol. The lowest BCUT2D eigenvalue weighted by molar-refractivity contribution is -0.125. The molecule has 1 rings (SSSR count). The third-order valence-corrected chi connectivity index (χ3v) is 1.05. The highest BCUT2D eigenvalue weighted by atomic mass is 16.5. The Morgan fingerprint density at radius 2 is 2.55 bits per heavy atom. The average Bonchev–Trinajstić information content (AvgIpc) is 2.30. The number of hydrogen-bond acceptors (Lipinski definition) is 4. The van der Waals surface area contributed by atoms with Crippen molar-refractivity contribution in [2.75, 3.05) is 0 Å². The molecule has 0 saturated carbocycles. The summed E-state index contributed by atoms with van der Waals surface area (Å²) in [6.45, 7) is 0. The minimum Gasteiger partial charge on any atom is -0.366 e. The Labute approximate surface area is 63.1 Å². The van der Waals surface area contributed by atoms with Gasteiger partial charge in [0.25, 0.3) is 5.91 Å². The standard InChI is InChI=1S/C6H7N3O2/c10-6(9-11)5-4-7-2-1-3-8-5/h1-4,7,11H,(H,9,10). The van der Waals surface area contributed by atoms with Crippen molar-refractivity contribution in [3.8, 4) is 0 Å². The van der Waals surface area contributed by atoms with E-state index in [1.165, 1.54) is 17.9 Å². The summed E-state index contributed by atoms with van der Waals surface area (Å²) in [5, 5.41) is 10.9. The van der Waals surface area contributed by atoms with E-state index in [-0.39, 0.29) is 5.70 Å². The van der Waals surface area contributed by atoms with Crippen LogP contribution in [0.3, 0.4) is 0 Å². The van der Waals surface area contributed by atoms with Crippen molar-refractivity contribution < 1.29 is 10.0 Å². The van der Waals surface area contributed by atoms with Crippen molar-refractivity contribution >= 4 is 12.1 Å². The molecule has 58 valence electrons. The Morgan fingerprint density at radius 3 is 3.27 bits per heavy atom. The van der Waals surface area contributed by atoms with E-state index in [9.17, 15) is 4.79 Å². The van der Waals surface area contributed by atoms with Gasteiger partial charge in [0.15, 0.2) is 0 Å². The van der Waals surface area contributed by atoms with Gasteiger partial charge >= 0.3 is 0 Å². The molecule has 0 atom stereocenters. The summed E-state index contributed by atoms with van der Waals surface area (Å²) in [6, 6.07) is 0. The Kier molecular flexibility index (Phi) is 2.40. The molecule has 1 amide bonds. The van der Waals surface area contributed by atoms with Crippen LogP contribution >= 0.6 is 0 Å². The van der Waals surface area contributed by atoms with Gasteiger partial charge in [-0.3, -0.25) is 10.0 Å². The molecule has 0 unspecified atom stereocenters. The van der Waals surface area contributed by atoms with E-state index in [2.05, 4.69) is 10.3 Å². The van der Waals surface area contributed by atoms with Gasteiger partial charge in [-0.15, -0.1) is 0 Å². The normalized spacial score (nSPS) is 14.8. The van der Waals surface area contributed by atoms with Gasteiger partial charge in [0.2, 0.25) is 0 Å². The van der Waals surface area contributed by atoms with E-state index in [1.54, 1.807) is 12.3 Å². The molecule has 11 heavy (non-hydrogen) atoms. The van der Waals surface area contributed by atoms with E-state index in [0.29, 0.717) is 0 Å². The number of carbonyl (C=O) groups is 1. The van der Waals surface area contributed by atoms with Crippen LogP contribution in [0, 0.1) is 0 Å². The maximum atomic E-state index is 10.7. The first-order valence-electron chi connectivity index (χ1n) is 2.94. The number of aliphatic imine (C=N–C) groups is 1. The molecular weight excluding hydrogens is 146 g/mol. The lowest BCUT2D eigenvalue weighted by atomic mass is 10.4. The maximum Gasteiger partial charge on any atom is 0.294 e. The van der Waals surface area contributed by atoms with Gasteiger partial charge in [0, 0.05) is 18.6 Å². The molecule has 5 heteroatoms. The molecule has 5 nitrogen and oxygen atoms in total. The maximum absolute atomic E-state index is 10.7. The Hall–Kier alpha value is -1.62. The number of amides is 1. The number of hydrogen-bond donors (Lipinski definition) is 3. The first-order chi connectivity index (χ1) is 5.34. The minimum atomic E-state index is -0.641. The van der Waals surface area contributed by atoms with Crippen LogP contribution in [0.2, 0.25) is 0 Å². The fraction of sp³-hybridized carbons (Fsp3) is 0. The van der Waals surface area contributed by atoms with Crippen molar-refractivity contribution in [1.29, 1.82) is 0 Å². The second-order valence-electron chi connectivity index (χ2n) is 1.77. The summed E-state index contributed by atoms with van der Waals surface area (Å²) in [6.07, 6.45) is 6.07. The molecule has 1 aliphatic rings. The number of carbonyl (C=O) groups excluding carboxylic acids is 1. The van der Waals surface area contributed by atoms with Crippen LogP contribution in [0.5, 0.6) is 0 Å². The third-order valence-electron chi connectivity index (χ3n) is 1.05. The average molecular weight is 153 g/mol. The molecule has 1 heterocycles. The second-order valence-corrected chi connectivity index (χ2v) is 1.77. The summed E-state index contributed by atoms with van der Waals surface area (Å²) < 4.78 is 0. The topological polar surface area (TPSA) is 73.7 Å². The van der Waals surface area contributed by atoms with Crippen molar-refractivity contribution in [3.63, 3.8) is 0 Å². The molecule has 0 saturated heterocycles. The number of nitrogens with one attached hydrogen (secondary N) is 2. The molecule has 0 aliphatic carbocycles. The highest BCUT2D eigenvalue weighted by molar-refractivity contribution is 5.94. The van der Waals surface area contributed by atoms with Crippen LogP contribution in [0.15, 0.2) is 29.2 Å². The molecule has 1 aliphatic heterocycles. The van der Waals surface area contributed by atoms with E-state index in [1.807, 2.05) is 0 Å². The number of nitrogens with zero attached hydrogens (tertiary/aromatic N) is 1. The van der Waals surface area contributed by atoms with Crippen LogP contribution in [0.1, 0.15) is 0 Å². The molecule has 0 aromatic rings. The zero-order valence-electron chi connectivity index (χ0n) is 5.61. The van der Waals surface area contributed by atoms with Gasteiger partial charge in [-0.2, -0.15) is 0 Å². The van der Waals surface area contributed by atoms with Gasteiger partial charge in [0.05, 0.1) is 0 Å². The zero-order valence-corrected chi connectivity index (χ0v) is 5.61. The van der Waals surface area contributed by atoms with Crippen molar-refractivity contribution in [2.24, 2.45) is 4.99 Å². The van der Waals surface area contributed by atoms with Gasteiger partial charge < -0.3 is 5.32 Å². The number of allylic oxidation sites excluding steroid dienone is 1. The molecule has 0 spiro atoms. The molecule has 0 radical (unpaired) electrons. The fourth-order valence-electron chi connectivity index (χ4n) is 0.568. The number of rotatable bonds is 1. The first kappa shape index (κ1) is 7.49. The molecule has 0 bridgehead atoms. The van der Waals surface area contributed by atoms with Crippen LogP contribution in [0.4, 0.5) is 0 Å². The zero-order chi connectivity index (χ0) is 8.10. The summed E-state index contributed by atoms with van der Waals surface area (Å²) >= 11 is 0. The smallest absolute Gasteiger partial charge is 0.294 e. The molecule has 0 aromatic carbocycles. The van der Waals surface area contributed by atoms with Gasteiger partial charge in [-0.1, -0.05) is 0 Å². The van der Waals surface area contributed by atoms with Crippen molar-refractivity contribution in [3.05, 3.63) is 24.2 Å². The lowest BCUT2D eigenvalue weighted by Gasteiger charge is -1.95. The quantitative estimate of drug-likeness (QED) is 0.352. The van der Waals surface area contributed by atoms with Gasteiger partial charge in [-0.25, -0.2) is 10.5 Å². The first-order valence-corrected chi connectivity index (χ1v) is 2.94. The summed E-state index contributed by atoms with van der Waals surface area (Å²) in [7, 11) is 0. The third kappa shape index (κ3) is 1.91.